The Morgan fingerprint density at radius 1 is 0.731 bits per heavy atom. The number of carbonyl (C=O) groups is 2. The molecule has 0 unspecified atom stereocenters. The fraction of sp³-hybridized carbons (Fsp3) is 0.179. The number of aromatic nitrogens is 3. The van der Waals surface area contributed by atoms with Gasteiger partial charge in [-0.25, -0.2) is 25.3 Å². The molecular weight excluding hydrogens is 772 g/mol. The number of halogens is 1. The van der Waals surface area contributed by atoms with Crippen molar-refractivity contribution in [3.05, 3.63) is 76.1 Å². The van der Waals surface area contributed by atoms with Crippen LogP contribution in [0.5, 0.6) is 0 Å². The van der Waals surface area contributed by atoms with Crippen LogP contribution in [0.25, 0.3) is 0 Å². The predicted molar refractivity (Wildman–Crippen MR) is 173 cm³/mol. The van der Waals surface area contributed by atoms with Gasteiger partial charge in [-0.15, -0.1) is 0 Å². The number of ketones is 2. The van der Waals surface area contributed by atoms with Crippen LogP contribution in [0, 0.1) is 5.41 Å². The molecule has 5 N–H and O–H groups in total. The number of nitrogens with one attached hydrogen (secondary N) is 3. The van der Waals surface area contributed by atoms with E-state index in [0.717, 1.165) is 6.07 Å². The van der Waals surface area contributed by atoms with Gasteiger partial charge in [0.05, 0.1) is 37.2 Å². The zero-order valence-corrected chi connectivity index (χ0v) is 32.8. The molecule has 1 aliphatic carbocycles. The number of rotatable bonds is 11. The summed E-state index contributed by atoms with van der Waals surface area (Å²) in [6.07, 6.45) is 0. The van der Waals surface area contributed by atoms with E-state index in [0.29, 0.717) is 18.2 Å². The van der Waals surface area contributed by atoms with Gasteiger partial charge < -0.3 is 35.3 Å². The topological polar surface area (TPSA) is 307 Å². The fourth-order valence-electron chi connectivity index (χ4n) is 4.94. The van der Waals surface area contributed by atoms with Gasteiger partial charge in [0.15, 0.2) is 11.6 Å². The molecule has 24 heteroatoms. The van der Waals surface area contributed by atoms with E-state index in [1.807, 2.05) is 0 Å². The molecule has 0 fully saturated rings. The van der Waals surface area contributed by atoms with Crippen LogP contribution in [0.2, 0.25) is 5.28 Å². The monoisotopic (exact) mass is 794 g/mol. The van der Waals surface area contributed by atoms with Gasteiger partial charge in [0.25, 0.3) is 0 Å². The number of carbonyl (C=O) groups excluding carboxylic acids is 2. The minimum Gasteiger partial charge on any atom is -0.744 e. The molecular formula is C28H23ClLiN7NaO11S3-. The van der Waals surface area contributed by atoms with Crippen LogP contribution in [0.4, 0.5) is 29.0 Å². The van der Waals surface area contributed by atoms with Crippen molar-refractivity contribution in [3.8, 4) is 0 Å². The summed E-state index contributed by atoms with van der Waals surface area (Å²) < 4.78 is 106. The smallest absolute Gasteiger partial charge is 0.744 e. The van der Waals surface area contributed by atoms with Crippen LogP contribution in [-0.4, -0.2) is 78.5 Å². The van der Waals surface area contributed by atoms with E-state index >= 15 is 0 Å². The molecule has 5 rings (SSSR count). The second-order valence-electron chi connectivity index (χ2n) is 11.6. The molecule has 1 aromatic heterocycles. The second-order valence-corrected chi connectivity index (χ2v) is 16.0. The first-order chi connectivity index (χ1) is 23.1. The zero-order valence-electron chi connectivity index (χ0n) is 27.5. The largest absolute Gasteiger partial charge is 1.00 e. The molecule has 0 aliphatic heterocycles. The van der Waals surface area contributed by atoms with E-state index in [9.17, 15) is 48.5 Å². The van der Waals surface area contributed by atoms with Gasteiger partial charge in [0, 0.05) is 29.9 Å². The number of benzene rings is 3. The maximum Gasteiger partial charge on any atom is 1.00 e. The maximum atomic E-state index is 13.5. The Morgan fingerprint density at radius 3 is 1.83 bits per heavy atom. The van der Waals surface area contributed by atoms with E-state index in [1.54, 1.807) is 19.9 Å². The Kier molecular flexibility index (Phi) is 13.0. The molecule has 264 valence electrons. The number of nitrogens with two attached hydrogens (primary N) is 1. The number of nitrogens with zero attached hydrogens (tertiary/aromatic N) is 3. The normalized spacial score (nSPS) is 12.9. The summed E-state index contributed by atoms with van der Waals surface area (Å²) in [5, 5.41) is 7.73. The Hall–Kier alpha value is -3.17. The zero-order chi connectivity index (χ0) is 37.0. The van der Waals surface area contributed by atoms with Gasteiger partial charge in [0.2, 0.25) is 17.2 Å². The average molecular weight is 795 g/mol. The van der Waals surface area contributed by atoms with Crippen molar-refractivity contribution in [1.82, 2.24) is 15.0 Å². The average Bonchev–Trinajstić information content (AvgIpc) is 3.00. The number of fused-ring (bicyclic) bond motifs is 2. The molecule has 1 heterocycles. The van der Waals surface area contributed by atoms with Gasteiger partial charge in [-0.1, -0.05) is 38.1 Å². The summed E-state index contributed by atoms with van der Waals surface area (Å²) >= 11 is 6.01. The van der Waals surface area contributed by atoms with Gasteiger partial charge in [-0.05, 0) is 41.3 Å². The molecule has 0 amide bonds. The predicted octanol–water partition coefficient (Wildman–Crippen LogP) is -4.10. The summed E-state index contributed by atoms with van der Waals surface area (Å²) in [6, 6.07) is 8.65. The molecule has 0 saturated carbocycles. The van der Waals surface area contributed by atoms with Crippen molar-refractivity contribution in [1.29, 1.82) is 0 Å². The molecule has 3 aromatic carbocycles. The van der Waals surface area contributed by atoms with E-state index in [4.69, 9.17) is 17.3 Å². The van der Waals surface area contributed by atoms with Crippen LogP contribution < -0.4 is 70.1 Å². The van der Waals surface area contributed by atoms with Crippen LogP contribution >= 0.6 is 11.6 Å². The van der Waals surface area contributed by atoms with E-state index in [1.165, 1.54) is 18.2 Å². The van der Waals surface area contributed by atoms with E-state index < -0.39 is 90.2 Å². The molecule has 18 nitrogen and oxygen atoms in total. The van der Waals surface area contributed by atoms with Crippen LogP contribution in [0.15, 0.2) is 63.2 Å². The standard InChI is InChI=1S/C28H26ClN7O11S3.Li.Na/c1-28(2,11-31-17-10-19(50(45,46)47)22(30)21-20(17)23(37)14-5-3-4-6-15(14)24(21)38)12-32-26-34-25(29)35-27(36-26)33-16-9-13(48(39,40)41)7-8-18(16)49(42,43)44;;/h3-10,31H,11-12,30H2,1-2H3,(H,39,40,41)(H,42,43,44)(H,45,46,47)(H2,32,33,34,35,36);;/q;2*+1/p-3. The quantitative estimate of drug-likeness (QED) is 0.0561. The van der Waals surface area contributed by atoms with Crippen molar-refractivity contribution in [2.75, 3.05) is 34.8 Å². The van der Waals surface area contributed by atoms with Crippen molar-refractivity contribution in [2.45, 2.75) is 28.5 Å². The minimum absolute atomic E-state index is 0. The second kappa shape index (κ2) is 15.7. The van der Waals surface area contributed by atoms with Gasteiger partial charge in [-0.3, -0.25) is 9.59 Å². The molecule has 52 heavy (non-hydrogen) atoms. The number of hydrogen-bond acceptors (Lipinski definition) is 18. The third-order valence-electron chi connectivity index (χ3n) is 7.32. The molecule has 0 atom stereocenters. The van der Waals surface area contributed by atoms with Gasteiger partial charge >= 0.3 is 48.4 Å². The molecule has 0 spiro atoms. The Balaban J connectivity index is 0.00000364. The first-order valence-corrected chi connectivity index (χ1v) is 18.5. The maximum absolute atomic E-state index is 13.5. The van der Waals surface area contributed by atoms with E-state index in [2.05, 4.69) is 30.9 Å². The van der Waals surface area contributed by atoms with Gasteiger partial charge in [-0.2, -0.15) is 15.0 Å². The minimum atomic E-state index is -5.19. The van der Waals surface area contributed by atoms with Crippen LogP contribution in [0.1, 0.15) is 45.7 Å². The third kappa shape index (κ3) is 9.30. The van der Waals surface area contributed by atoms with Crippen LogP contribution in [-0.2, 0) is 30.4 Å². The third-order valence-corrected chi connectivity index (χ3v) is 10.1. The van der Waals surface area contributed by atoms with Crippen molar-refractivity contribution in [2.24, 2.45) is 5.41 Å². The Morgan fingerprint density at radius 2 is 1.27 bits per heavy atom. The Bertz CT molecular complexity index is 2460. The molecule has 0 bridgehead atoms. The summed E-state index contributed by atoms with van der Waals surface area (Å²) in [4.78, 5) is 36.0. The number of nitrogen functional groups attached to an aromatic ring is 1. The first kappa shape index (κ1) is 43.2. The van der Waals surface area contributed by atoms with Crippen molar-refractivity contribution >= 4 is 82.5 Å². The summed E-state index contributed by atoms with van der Waals surface area (Å²) in [5.41, 5.74) is 3.17. The van der Waals surface area contributed by atoms with E-state index in [-0.39, 0.29) is 89.8 Å². The van der Waals surface area contributed by atoms with Crippen molar-refractivity contribution < 1.29 is 96.9 Å². The first-order valence-electron chi connectivity index (χ1n) is 13.9. The van der Waals surface area contributed by atoms with Gasteiger partial charge in [0.1, 0.15) is 30.4 Å². The molecule has 4 aromatic rings. The number of anilines is 5. The van der Waals surface area contributed by atoms with Crippen molar-refractivity contribution in [3.63, 3.8) is 0 Å². The molecule has 0 saturated heterocycles. The summed E-state index contributed by atoms with van der Waals surface area (Å²) in [7, 11) is -15.4. The summed E-state index contributed by atoms with van der Waals surface area (Å²) in [5.74, 6) is -2.00. The SMILES string of the molecule is CC(C)(CNc1nc(Cl)nc(Nc2cc(S(=O)(=O)[O-])ccc2S(=O)(=O)[O-])n1)CNc1cc(S(=O)(=O)[O-])c(N)c2c1C(=O)c1ccccc1C2=O.[Li+].[Na+]. The summed E-state index contributed by atoms with van der Waals surface area (Å²) in [6.45, 7) is 3.42. The molecule has 0 radical (unpaired) electrons. The molecule has 1 aliphatic rings. The fourth-order valence-corrected chi connectivity index (χ4v) is 6.85. The number of hydrogen-bond donors (Lipinski definition) is 4. The van der Waals surface area contributed by atoms with Crippen LogP contribution in [0.3, 0.4) is 0 Å². The Labute approximate surface area is 336 Å².